The van der Waals surface area contributed by atoms with E-state index in [2.05, 4.69) is 13.8 Å². The number of aliphatic hydroxyl groups is 1. The Morgan fingerprint density at radius 1 is 1.16 bits per heavy atom. The zero-order chi connectivity index (χ0) is 17.3. The van der Waals surface area contributed by atoms with Crippen LogP contribution in [0.2, 0.25) is 0 Å². The number of rotatable bonds is 2. The van der Waals surface area contributed by atoms with Gasteiger partial charge in [0.05, 0.1) is 6.10 Å². The number of aliphatic hydroxyl groups excluding tert-OH is 1. The SMILES string of the molecule is C[C@@H]1CC2=CC(=O)CC[C@@H]2[C@H]2CC[C@@]3(C)[C@H](CC[C@H]3[C@@H](O)C3CC3)[C@@H]21. The van der Waals surface area contributed by atoms with E-state index < -0.39 is 0 Å². The van der Waals surface area contributed by atoms with Crippen molar-refractivity contribution in [2.45, 2.75) is 77.7 Å². The van der Waals surface area contributed by atoms with Crippen molar-refractivity contribution in [3.8, 4) is 0 Å². The summed E-state index contributed by atoms with van der Waals surface area (Å²) in [7, 11) is 0. The monoisotopic (exact) mass is 342 g/mol. The Kier molecular flexibility index (Phi) is 3.76. The number of carbonyl (C=O) groups excluding carboxylic acids is 1. The molecule has 138 valence electrons. The van der Waals surface area contributed by atoms with Gasteiger partial charge in [0.2, 0.25) is 0 Å². The maximum Gasteiger partial charge on any atom is 0.155 e. The van der Waals surface area contributed by atoms with E-state index in [-0.39, 0.29) is 6.10 Å². The minimum atomic E-state index is -0.0341. The van der Waals surface area contributed by atoms with E-state index in [1.807, 2.05) is 6.08 Å². The van der Waals surface area contributed by atoms with Crippen LogP contribution in [0.5, 0.6) is 0 Å². The molecule has 0 spiro atoms. The zero-order valence-corrected chi connectivity index (χ0v) is 15.9. The highest BCUT2D eigenvalue weighted by Gasteiger charge is 2.59. The molecule has 25 heavy (non-hydrogen) atoms. The van der Waals surface area contributed by atoms with Crippen molar-refractivity contribution in [1.29, 1.82) is 0 Å². The summed E-state index contributed by atoms with van der Waals surface area (Å²) in [6, 6.07) is 0. The van der Waals surface area contributed by atoms with Crippen molar-refractivity contribution in [3.63, 3.8) is 0 Å². The van der Waals surface area contributed by atoms with Crippen LogP contribution < -0.4 is 0 Å². The summed E-state index contributed by atoms with van der Waals surface area (Å²) in [4.78, 5) is 11.9. The first kappa shape index (κ1) is 16.5. The molecule has 4 fully saturated rings. The molecule has 0 bridgehead atoms. The molecule has 0 aromatic carbocycles. The highest BCUT2D eigenvalue weighted by atomic mass is 16.3. The Morgan fingerprint density at radius 2 is 1.96 bits per heavy atom. The van der Waals surface area contributed by atoms with Crippen molar-refractivity contribution in [3.05, 3.63) is 11.6 Å². The summed E-state index contributed by atoms with van der Waals surface area (Å²) >= 11 is 0. The first-order chi connectivity index (χ1) is 12.0. The predicted octanol–water partition coefficient (Wildman–Crippen LogP) is 4.76. The van der Waals surface area contributed by atoms with E-state index in [0.29, 0.717) is 34.9 Å². The van der Waals surface area contributed by atoms with Gasteiger partial charge in [0.25, 0.3) is 0 Å². The number of fused-ring (bicyclic) bond motifs is 5. The standard InChI is InChI=1S/C23H34O2/c1-13-11-15-12-16(24)5-6-17(15)18-9-10-23(2)19(21(13)18)7-8-20(23)22(25)14-3-4-14/h12-14,17-22,25H,3-11H2,1-2H3/t13-,17+,18-,19-,20+,21-,22+,23+/m1/s1. The lowest BCUT2D eigenvalue weighted by Crippen LogP contribution is -2.50. The smallest absolute Gasteiger partial charge is 0.155 e. The molecule has 0 heterocycles. The molecule has 0 radical (unpaired) electrons. The van der Waals surface area contributed by atoms with Gasteiger partial charge in [0.1, 0.15) is 0 Å². The van der Waals surface area contributed by atoms with Crippen molar-refractivity contribution in [2.24, 2.45) is 46.8 Å². The molecule has 5 aliphatic carbocycles. The molecule has 0 unspecified atom stereocenters. The van der Waals surface area contributed by atoms with Gasteiger partial charge in [-0.25, -0.2) is 0 Å². The van der Waals surface area contributed by atoms with Gasteiger partial charge in [-0.3, -0.25) is 4.79 Å². The van der Waals surface area contributed by atoms with Gasteiger partial charge >= 0.3 is 0 Å². The summed E-state index contributed by atoms with van der Waals surface area (Å²) in [6.07, 6.45) is 12.7. The minimum absolute atomic E-state index is 0.0341. The molecule has 2 nitrogen and oxygen atoms in total. The third kappa shape index (κ3) is 2.42. The van der Waals surface area contributed by atoms with E-state index in [1.54, 1.807) is 0 Å². The van der Waals surface area contributed by atoms with Gasteiger partial charge in [0.15, 0.2) is 5.78 Å². The van der Waals surface area contributed by atoms with Crippen molar-refractivity contribution < 1.29 is 9.90 Å². The average molecular weight is 343 g/mol. The highest BCUT2D eigenvalue weighted by Crippen LogP contribution is 2.66. The maximum absolute atomic E-state index is 11.9. The minimum Gasteiger partial charge on any atom is -0.393 e. The van der Waals surface area contributed by atoms with Crippen LogP contribution >= 0.6 is 0 Å². The van der Waals surface area contributed by atoms with Crippen LogP contribution in [0.1, 0.15) is 71.6 Å². The Hall–Kier alpha value is -0.630. The summed E-state index contributed by atoms with van der Waals surface area (Å²) < 4.78 is 0. The number of allylic oxidation sites excluding steroid dienone is 1. The van der Waals surface area contributed by atoms with Crippen LogP contribution in [0.25, 0.3) is 0 Å². The fourth-order valence-corrected chi connectivity index (χ4v) is 7.96. The van der Waals surface area contributed by atoms with Crippen LogP contribution in [-0.4, -0.2) is 17.0 Å². The maximum atomic E-state index is 11.9. The molecule has 8 atom stereocenters. The second kappa shape index (κ2) is 5.68. The lowest BCUT2D eigenvalue weighted by atomic mass is 9.48. The Bertz CT molecular complexity index is 603. The lowest BCUT2D eigenvalue weighted by molar-refractivity contribution is -0.116. The fraction of sp³-hybridized carbons (Fsp3) is 0.870. The second-order valence-corrected chi connectivity index (χ2v) is 10.4. The van der Waals surface area contributed by atoms with E-state index >= 15 is 0 Å². The largest absolute Gasteiger partial charge is 0.393 e. The highest BCUT2D eigenvalue weighted by molar-refractivity contribution is 5.91. The molecule has 0 amide bonds. The molecule has 0 aliphatic heterocycles. The normalized spacial score (nSPS) is 50.5. The van der Waals surface area contributed by atoms with E-state index in [0.717, 1.165) is 37.0 Å². The summed E-state index contributed by atoms with van der Waals surface area (Å²) in [5.74, 6) is 5.35. The fourth-order valence-electron chi connectivity index (χ4n) is 7.96. The van der Waals surface area contributed by atoms with Gasteiger partial charge in [-0.1, -0.05) is 19.4 Å². The van der Waals surface area contributed by atoms with Gasteiger partial charge < -0.3 is 5.11 Å². The third-order valence-electron chi connectivity index (χ3n) is 9.23. The van der Waals surface area contributed by atoms with Gasteiger partial charge in [-0.15, -0.1) is 0 Å². The molecule has 2 heteroatoms. The van der Waals surface area contributed by atoms with Crippen LogP contribution in [-0.2, 0) is 4.79 Å². The average Bonchev–Trinajstić information content (AvgIpc) is 3.36. The second-order valence-electron chi connectivity index (χ2n) is 10.4. The number of ketones is 1. The predicted molar refractivity (Wildman–Crippen MR) is 98.9 cm³/mol. The number of carbonyl (C=O) groups is 1. The molecular weight excluding hydrogens is 308 g/mol. The number of hydrogen-bond acceptors (Lipinski definition) is 2. The molecule has 5 aliphatic rings. The van der Waals surface area contributed by atoms with E-state index in [1.165, 1.54) is 44.1 Å². The molecule has 0 saturated heterocycles. The third-order valence-corrected chi connectivity index (χ3v) is 9.23. The van der Waals surface area contributed by atoms with Crippen LogP contribution in [0.3, 0.4) is 0 Å². The molecule has 0 aromatic heterocycles. The molecule has 1 N–H and O–H groups in total. The van der Waals surface area contributed by atoms with Gasteiger partial charge in [-0.2, -0.15) is 0 Å². The quantitative estimate of drug-likeness (QED) is 0.785. The Labute approximate surface area is 152 Å². The summed E-state index contributed by atoms with van der Waals surface area (Å²) in [5, 5.41) is 10.9. The van der Waals surface area contributed by atoms with Crippen molar-refractivity contribution >= 4 is 5.78 Å². The zero-order valence-electron chi connectivity index (χ0n) is 15.9. The van der Waals surface area contributed by atoms with E-state index in [4.69, 9.17) is 0 Å². The lowest BCUT2D eigenvalue weighted by Gasteiger charge is -2.56. The molecule has 4 saturated carbocycles. The molecular formula is C23H34O2. The van der Waals surface area contributed by atoms with Crippen molar-refractivity contribution in [2.75, 3.05) is 0 Å². The van der Waals surface area contributed by atoms with Gasteiger partial charge in [-0.05, 0) is 104 Å². The van der Waals surface area contributed by atoms with Crippen LogP contribution in [0.4, 0.5) is 0 Å². The Balaban J connectivity index is 1.44. The Morgan fingerprint density at radius 3 is 2.72 bits per heavy atom. The van der Waals surface area contributed by atoms with Gasteiger partial charge in [0, 0.05) is 6.42 Å². The van der Waals surface area contributed by atoms with Crippen molar-refractivity contribution in [1.82, 2.24) is 0 Å². The van der Waals surface area contributed by atoms with Crippen LogP contribution in [0.15, 0.2) is 11.6 Å². The van der Waals surface area contributed by atoms with Crippen LogP contribution in [0, 0.1) is 46.8 Å². The first-order valence-corrected chi connectivity index (χ1v) is 10.9. The van der Waals surface area contributed by atoms with E-state index in [9.17, 15) is 9.90 Å². The molecule has 5 rings (SSSR count). The topological polar surface area (TPSA) is 37.3 Å². The number of hydrogen-bond donors (Lipinski definition) is 1. The first-order valence-electron chi connectivity index (χ1n) is 10.9. The summed E-state index contributed by atoms with van der Waals surface area (Å²) in [6.45, 7) is 4.98. The summed E-state index contributed by atoms with van der Waals surface area (Å²) in [5.41, 5.74) is 1.85. The molecule has 0 aromatic rings.